The first-order valence-electron chi connectivity index (χ1n) is 9.19. The van der Waals surface area contributed by atoms with Crippen LogP contribution in [0.5, 0.6) is 5.75 Å². The molecule has 1 atom stereocenters. The van der Waals surface area contributed by atoms with Crippen LogP contribution in [0.15, 0.2) is 36.4 Å². The molecule has 0 aromatic heterocycles. The summed E-state index contributed by atoms with van der Waals surface area (Å²) in [7, 11) is 0. The number of unbranched alkanes of at least 4 members (excludes halogenated alkanes) is 2. The summed E-state index contributed by atoms with van der Waals surface area (Å²) in [5.74, 6) is 0.0412. The molecule has 1 saturated heterocycles. The standard InChI is InChI=1S/C20H23F3N2O2/c1-2-3-4-13-27-16-10-6-8-14-7-5-9-15(18(14)16)19(20(21,22)23)25-12-11-17(26)24-25/h5-10,19H,2-4,11-13H2,1H3,(H,24,26)/t19-/m0/s1. The monoisotopic (exact) mass is 380 g/mol. The number of fused-ring (bicyclic) bond motifs is 1. The highest BCUT2D eigenvalue weighted by atomic mass is 19.4. The van der Waals surface area contributed by atoms with Crippen molar-refractivity contribution in [1.29, 1.82) is 0 Å². The molecule has 4 nitrogen and oxygen atoms in total. The molecular formula is C20H23F3N2O2. The molecule has 1 aliphatic heterocycles. The van der Waals surface area contributed by atoms with Crippen molar-refractivity contribution in [2.75, 3.05) is 13.2 Å². The second-order valence-corrected chi connectivity index (χ2v) is 6.68. The highest BCUT2D eigenvalue weighted by Gasteiger charge is 2.47. The fourth-order valence-electron chi connectivity index (χ4n) is 3.43. The van der Waals surface area contributed by atoms with Crippen LogP contribution in [0.4, 0.5) is 13.2 Å². The molecule has 0 spiro atoms. The molecule has 0 saturated carbocycles. The van der Waals surface area contributed by atoms with Gasteiger partial charge in [0, 0.05) is 18.4 Å². The van der Waals surface area contributed by atoms with Crippen molar-refractivity contribution < 1.29 is 22.7 Å². The Morgan fingerprint density at radius 3 is 2.56 bits per heavy atom. The summed E-state index contributed by atoms with van der Waals surface area (Å²) >= 11 is 0. The van der Waals surface area contributed by atoms with Gasteiger partial charge in [0.1, 0.15) is 5.75 Å². The summed E-state index contributed by atoms with van der Waals surface area (Å²) in [4.78, 5) is 11.5. The van der Waals surface area contributed by atoms with Crippen LogP contribution < -0.4 is 10.2 Å². The number of amides is 1. The van der Waals surface area contributed by atoms with Crippen LogP contribution in [-0.2, 0) is 4.79 Å². The lowest BCUT2D eigenvalue weighted by molar-refractivity contribution is -0.190. The van der Waals surface area contributed by atoms with Crippen LogP contribution in [0, 0.1) is 0 Å². The maximum atomic E-state index is 14.0. The van der Waals surface area contributed by atoms with Crippen molar-refractivity contribution in [2.24, 2.45) is 0 Å². The third kappa shape index (κ3) is 4.35. The van der Waals surface area contributed by atoms with E-state index in [1.165, 1.54) is 6.07 Å². The molecule has 7 heteroatoms. The van der Waals surface area contributed by atoms with Gasteiger partial charge in [-0.15, -0.1) is 0 Å². The van der Waals surface area contributed by atoms with Gasteiger partial charge in [-0.3, -0.25) is 10.2 Å². The molecule has 0 bridgehead atoms. The minimum absolute atomic E-state index is 0.0128. The van der Waals surface area contributed by atoms with Gasteiger partial charge in [-0.05, 0) is 23.4 Å². The molecule has 2 aromatic rings. The number of benzene rings is 2. The summed E-state index contributed by atoms with van der Waals surface area (Å²) in [6.45, 7) is 2.55. The van der Waals surface area contributed by atoms with E-state index >= 15 is 0 Å². The number of hydrogen-bond acceptors (Lipinski definition) is 3. The van der Waals surface area contributed by atoms with Crippen LogP contribution >= 0.6 is 0 Å². The van der Waals surface area contributed by atoms with Crippen molar-refractivity contribution in [3.8, 4) is 5.75 Å². The second kappa shape index (κ2) is 8.17. The fourth-order valence-corrected chi connectivity index (χ4v) is 3.43. The van der Waals surface area contributed by atoms with Crippen molar-refractivity contribution in [2.45, 2.75) is 44.8 Å². The summed E-state index contributed by atoms with van der Waals surface area (Å²) < 4.78 is 47.7. The van der Waals surface area contributed by atoms with E-state index in [0.29, 0.717) is 23.1 Å². The summed E-state index contributed by atoms with van der Waals surface area (Å²) in [6.07, 6.45) is -1.60. The zero-order chi connectivity index (χ0) is 19.4. The average Bonchev–Trinajstić information content (AvgIpc) is 3.03. The van der Waals surface area contributed by atoms with Gasteiger partial charge >= 0.3 is 6.18 Å². The molecule has 27 heavy (non-hydrogen) atoms. The first-order chi connectivity index (χ1) is 12.9. The van der Waals surface area contributed by atoms with Crippen molar-refractivity contribution in [3.63, 3.8) is 0 Å². The van der Waals surface area contributed by atoms with Crippen molar-refractivity contribution in [3.05, 3.63) is 42.0 Å². The predicted octanol–water partition coefficient (Wildman–Crippen LogP) is 4.75. The lowest BCUT2D eigenvalue weighted by Gasteiger charge is -2.30. The van der Waals surface area contributed by atoms with E-state index < -0.39 is 18.1 Å². The molecule has 1 amide bonds. The number of carbonyl (C=O) groups excluding carboxylic acids is 1. The minimum atomic E-state index is -4.54. The number of ether oxygens (including phenoxy) is 1. The van der Waals surface area contributed by atoms with Gasteiger partial charge < -0.3 is 4.74 Å². The number of hydrazine groups is 1. The molecule has 146 valence electrons. The van der Waals surface area contributed by atoms with Gasteiger partial charge in [0.05, 0.1) is 6.61 Å². The maximum Gasteiger partial charge on any atom is 0.409 e. The second-order valence-electron chi connectivity index (χ2n) is 6.68. The molecule has 0 aliphatic carbocycles. The third-order valence-electron chi connectivity index (χ3n) is 4.67. The SMILES string of the molecule is CCCCCOc1cccc2cccc([C@H](N3CCC(=O)N3)C(F)(F)F)c12. The Bertz CT molecular complexity index is 802. The topological polar surface area (TPSA) is 41.6 Å². The number of carbonyl (C=O) groups is 1. The number of alkyl halides is 3. The Balaban J connectivity index is 2.04. The summed E-state index contributed by atoms with van der Waals surface area (Å²) in [5, 5.41) is 2.10. The van der Waals surface area contributed by atoms with E-state index in [0.717, 1.165) is 24.3 Å². The Kier molecular flexibility index (Phi) is 5.89. The van der Waals surface area contributed by atoms with Crippen LogP contribution in [-0.4, -0.2) is 30.2 Å². The number of nitrogens with one attached hydrogen (secondary N) is 1. The van der Waals surface area contributed by atoms with Crippen molar-refractivity contribution in [1.82, 2.24) is 10.4 Å². The number of rotatable bonds is 7. The third-order valence-corrected chi connectivity index (χ3v) is 4.67. The van der Waals surface area contributed by atoms with E-state index in [1.807, 2.05) is 0 Å². The molecule has 0 radical (unpaired) electrons. The smallest absolute Gasteiger partial charge is 0.409 e. The Hall–Kier alpha value is -2.28. The highest BCUT2D eigenvalue weighted by molar-refractivity contribution is 5.92. The maximum absolute atomic E-state index is 14.0. The summed E-state index contributed by atoms with van der Waals surface area (Å²) in [6, 6.07) is 8.17. The lowest BCUT2D eigenvalue weighted by Crippen LogP contribution is -2.43. The minimum Gasteiger partial charge on any atom is -0.493 e. The van der Waals surface area contributed by atoms with Gasteiger partial charge in [0.25, 0.3) is 0 Å². The molecule has 0 unspecified atom stereocenters. The molecule has 1 N–H and O–H groups in total. The predicted molar refractivity (Wildman–Crippen MR) is 97.2 cm³/mol. The molecule has 2 aromatic carbocycles. The van der Waals surface area contributed by atoms with E-state index in [4.69, 9.17) is 4.74 Å². The first kappa shape index (κ1) is 19.5. The Labute approximate surface area is 156 Å². The van der Waals surface area contributed by atoms with Crippen LogP contribution in [0.1, 0.15) is 44.2 Å². The van der Waals surface area contributed by atoms with Crippen molar-refractivity contribution >= 4 is 16.7 Å². The molecular weight excluding hydrogens is 357 g/mol. The van der Waals surface area contributed by atoms with Crippen LogP contribution in [0.2, 0.25) is 0 Å². The van der Waals surface area contributed by atoms with Gasteiger partial charge in [0.2, 0.25) is 5.91 Å². The van der Waals surface area contributed by atoms with Crippen LogP contribution in [0.25, 0.3) is 10.8 Å². The molecule has 3 rings (SSSR count). The van der Waals surface area contributed by atoms with E-state index in [2.05, 4.69) is 12.3 Å². The zero-order valence-electron chi connectivity index (χ0n) is 15.2. The zero-order valence-corrected chi connectivity index (χ0v) is 15.2. The largest absolute Gasteiger partial charge is 0.493 e. The van der Waals surface area contributed by atoms with E-state index in [9.17, 15) is 18.0 Å². The fraction of sp³-hybridized carbons (Fsp3) is 0.450. The van der Waals surface area contributed by atoms with Crippen LogP contribution in [0.3, 0.4) is 0 Å². The number of halogens is 3. The van der Waals surface area contributed by atoms with Gasteiger partial charge in [-0.1, -0.05) is 50.1 Å². The molecule has 1 heterocycles. The Morgan fingerprint density at radius 1 is 1.19 bits per heavy atom. The number of hydrogen-bond donors (Lipinski definition) is 1. The highest BCUT2D eigenvalue weighted by Crippen LogP contribution is 2.43. The molecule has 1 aliphatic rings. The van der Waals surface area contributed by atoms with Gasteiger partial charge in [0.15, 0.2) is 6.04 Å². The van der Waals surface area contributed by atoms with E-state index in [-0.39, 0.29) is 18.5 Å². The average molecular weight is 380 g/mol. The Morgan fingerprint density at radius 2 is 1.93 bits per heavy atom. The normalized spacial score (nSPS) is 16.5. The van der Waals surface area contributed by atoms with E-state index in [1.54, 1.807) is 30.3 Å². The molecule has 1 fully saturated rings. The van der Waals surface area contributed by atoms with Gasteiger partial charge in [-0.25, -0.2) is 5.01 Å². The van der Waals surface area contributed by atoms with Gasteiger partial charge in [-0.2, -0.15) is 13.2 Å². The number of nitrogens with zero attached hydrogens (tertiary/aromatic N) is 1. The lowest BCUT2D eigenvalue weighted by atomic mass is 9.97. The quantitative estimate of drug-likeness (QED) is 0.705. The first-order valence-corrected chi connectivity index (χ1v) is 9.19. The summed E-state index contributed by atoms with van der Waals surface area (Å²) in [5.41, 5.74) is 2.43.